The van der Waals surface area contributed by atoms with Gasteiger partial charge in [-0.15, -0.1) is 0 Å². The van der Waals surface area contributed by atoms with Gasteiger partial charge in [0.1, 0.15) is 0 Å². The van der Waals surface area contributed by atoms with Crippen LogP contribution >= 0.6 is 24.0 Å². The number of unbranched alkanes of at least 4 members (excludes halogenated alkanes) is 15. The third-order valence-corrected chi connectivity index (χ3v) is 5.52. The Kier molecular flexibility index (Phi) is 21.5. The van der Waals surface area contributed by atoms with Gasteiger partial charge >= 0.3 is 0 Å². The zero-order valence-electron chi connectivity index (χ0n) is 16.5. The molecule has 0 saturated heterocycles. The molecule has 0 spiro atoms. The van der Waals surface area contributed by atoms with E-state index in [9.17, 15) is 0 Å². The molecule has 0 unspecified atom stereocenters. The summed E-state index contributed by atoms with van der Waals surface area (Å²) in [6, 6.07) is 0. The first-order chi connectivity index (χ1) is 11.8. The maximum Gasteiger partial charge on any atom is 0.169 e. The molecule has 0 aliphatic carbocycles. The molecule has 0 aliphatic heterocycles. The van der Waals surface area contributed by atoms with Crippen LogP contribution in [0.15, 0.2) is 0 Å². The normalized spacial score (nSPS) is 10.9. The fraction of sp³-hybridized carbons (Fsp3) is 0.952. The van der Waals surface area contributed by atoms with Gasteiger partial charge in [0.15, 0.2) is 5.05 Å². The molecule has 0 atom stereocenters. The molecule has 0 N–H and O–H groups in total. The largest absolute Gasteiger partial charge is 0.486 e. The predicted molar refractivity (Wildman–Crippen MR) is 116 cm³/mol. The van der Waals surface area contributed by atoms with Crippen molar-refractivity contribution in [3.8, 4) is 0 Å². The third-order valence-electron chi connectivity index (χ3n) is 4.52. The van der Waals surface area contributed by atoms with Crippen LogP contribution < -0.4 is 0 Å². The Balaban J connectivity index is 3.01. The van der Waals surface area contributed by atoms with Crippen LogP contribution in [0.3, 0.4) is 0 Å². The van der Waals surface area contributed by atoms with Crippen molar-refractivity contribution < 1.29 is 4.74 Å². The minimum atomic E-state index is 0.767. The maximum atomic E-state index is 5.51. The lowest BCUT2D eigenvalue weighted by Gasteiger charge is -2.06. The van der Waals surface area contributed by atoms with Gasteiger partial charge in [-0.25, -0.2) is 0 Å². The highest BCUT2D eigenvalue weighted by atomic mass is 32.2. The second-order valence-electron chi connectivity index (χ2n) is 6.96. The first-order valence-corrected chi connectivity index (χ1v) is 12.3. The standard InChI is InChI=1S/C21H42OS2/c1-3-4-5-6-7-8-9-10-11-12-13-14-15-16-17-18-19-22-21(23)20-24-2/h3-20H2,1-2H3. The Morgan fingerprint density at radius 2 is 1.04 bits per heavy atom. The molecule has 0 aliphatic rings. The number of hydrogen-bond donors (Lipinski definition) is 0. The fourth-order valence-corrected chi connectivity index (χ4v) is 3.75. The van der Waals surface area contributed by atoms with E-state index in [0.29, 0.717) is 0 Å². The molecule has 1 nitrogen and oxygen atoms in total. The van der Waals surface area contributed by atoms with E-state index in [0.717, 1.165) is 23.8 Å². The molecule has 0 bridgehead atoms. The average molecular weight is 375 g/mol. The van der Waals surface area contributed by atoms with Gasteiger partial charge in [-0.2, -0.15) is 11.8 Å². The summed E-state index contributed by atoms with van der Waals surface area (Å²) >= 11 is 6.85. The lowest BCUT2D eigenvalue weighted by atomic mass is 10.0. The topological polar surface area (TPSA) is 9.23 Å². The molecular weight excluding hydrogens is 332 g/mol. The summed E-state index contributed by atoms with van der Waals surface area (Å²) in [5, 5.41) is 0.767. The molecular formula is C21H42OS2. The highest BCUT2D eigenvalue weighted by Crippen LogP contribution is 2.13. The van der Waals surface area contributed by atoms with Crippen molar-refractivity contribution >= 4 is 29.0 Å². The Labute approximate surface area is 162 Å². The molecule has 0 heterocycles. The number of thiocarbonyl (C=S) groups is 1. The van der Waals surface area contributed by atoms with Gasteiger partial charge in [-0.1, -0.05) is 103 Å². The summed E-state index contributed by atoms with van der Waals surface area (Å²) in [7, 11) is 0. The van der Waals surface area contributed by atoms with Crippen molar-refractivity contribution in [3.63, 3.8) is 0 Å². The van der Waals surface area contributed by atoms with Crippen LogP contribution in [0.2, 0.25) is 0 Å². The molecule has 24 heavy (non-hydrogen) atoms. The van der Waals surface area contributed by atoms with E-state index in [1.807, 2.05) is 0 Å². The van der Waals surface area contributed by atoms with Crippen LogP contribution in [0, 0.1) is 0 Å². The summed E-state index contributed by atoms with van der Waals surface area (Å²) in [4.78, 5) is 0. The molecule has 0 fully saturated rings. The quantitative estimate of drug-likeness (QED) is 0.168. The van der Waals surface area contributed by atoms with Gasteiger partial charge in [-0.3, -0.25) is 0 Å². The van der Waals surface area contributed by atoms with E-state index in [4.69, 9.17) is 17.0 Å². The summed E-state index contributed by atoms with van der Waals surface area (Å²) in [6.45, 7) is 3.11. The second kappa shape index (κ2) is 21.3. The summed E-state index contributed by atoms with van der Waals surface area (Å²) in [5.41, 5.74) is 0. The highest BCUT2D eigenvalue weighted by Gasteiger charge is 1.97. The molecule has 0 aromatic carbocycles. The third kappa shape index (κ3) is 20.3. The fourth-order valence-electron chi connectivity index (χ4n) is 3.00. The lowest BCUT2D eigenvalue weighted by Crippen LogP contribution is -2.05. The Hall–Kier alpha value is 0.240. The average Bonchev–Trinajstić information content (AvgIpc) is 2.58. The number of hydrogen-bond acceptors (Lipinski definition) is 3. The smallest absolute Gasteiger partial charge is 0.169 e. The van der Waals surface area contributed by atoms with E-state index >= 15 is 0 Å². The van der Waals surface area contributed by atoms with Crippen molar-refractivity contribution in [2.24, 2.45) is 0 Å². The van der Waals surface area contributed by atoms with Crippen molar-refractivity contribution in [1.29, 1.82) is 0 Å². The SMILES string of the molecule is CCCCCCCCCCCCCCCCCCOC(=S)CSC. The molecule has 0 aromatic rings. The van der Waals surface area contributed by atoms with Gasteiger partial charge in [0.05, 0.1) is 12.4 Å². The summed E-state index contributed by atoms with van der Waals surface area (Å²) < 4.78 is 5.51. The van der Waals surface area contributed by atoms with E-state index in [-0.39, 0.29) is 0 Å². The van der Waals surface area contributed by atoms with Crippen LogP contribution in [-0.4, -0.2) is 23.7 Å². The molecule has 0 saturated carbocycles. The molecule has 0 rings (SSSR count). The predicted octanol–water partition coefficient (Wildman–Crippen LogP) is 7.95. The molecule has 0 amide bonds. The Bertz CT molecular complexity index is 256. The van der Waals surface area contributed by atoms with Gasteiger partial charge in [0.2, 0.25) is 0 Å². The van der Waals surface area contributed by atoms with E-state index in [1.54, 1.807) is 11.8 Å². The molecule has 3 heteroatoms. The Morgan fingerprint density at radius 1 is 0.667 bits per heavy atom. The van der Waals surface area contributed by atoms with Crippen LogP contribution in [0.1, 0.15) is 110 Å². The van der Waals surface area contributed by atoms with Crippen molar-refractivity contribution in [3.05, 3.63) is 0 Å². The van der Waals surface area contributed by atoms with E-state index < -0.39 is 0 Å². The lowest BCUT2D eigenvalue weighted by molar-refractivity contribution is 0.298. The zero-order valence-corrected chi connectivity index (χ0v) is 18.1. The second-order valence-corrected chi connectivity index (χ2v) is 8.28. The molecule has 144 valence electrons. The van der Waals surface area contributed by atoms with Crippen molar-refractivity contribution in [1.82, 2.24) is 0 Å². The van der Waals surface area contributed by atoms with Gasteiger partial charge in [0.25, 0.3) is 0 Å². The van der Waals surface area contributed by atoms with Crippen molar-refractivity contribution in [2.75, 3.05) is 18.6 Å². The van der Waals surface area contributed by atoms with Crippen LogP contribution in [0.4, 0.5) is 0 Å². The van der Waals surface area contributed by atoms with Crippen LogP contribution in [0.25, 0.3) is 0 Å². The minimum Gasteiger partial charge on any atom is -0.486 e. The number of rotatable bonds is 19. The minimum absolute atomic E-state index is 0.767. The van der Waals surface area contributed by atoms with Gasteiger partial charge in [0, 0.05) is 0 Å². The van der Waals surface area contributed by atoms with Crippen LogP contribution in [-0.2, 0) is 4.74 Å². The first kappa shape index (κ1) is 24.2. The highest BCUT2D eigenvalue weighted by molar-refractivity contribution is 8.00. The van der Waals surface area contributed by atoms with Gasteiger partial charge < -0.3 is 4.74 Å². The van der Waals surface area contributed by atoms with Gasteiger partial charge in [-0.05, 0) is 24.9 Å². The van der Waals surface area contributed by atoms with Crippen LogP contribution in [0.5, 0.6) is 0 Å². The zero-order chi connectivity index (χ0) is 17.7. The molecule has 0 aromatic heterocycles. The molecule has 0 radical (unpaired) electrons. The summed E-state index contributed by atoms with van der Waals surface area (Å²) in [6.07, 6.45) is 24.6. The maximum absolute atomic E-state index is 5.51. The van der Waals surface area contributed by atoms with E-state index in [1.165, 1.54) is 96.3 Å². The summed E-state index contributed by atoms with van der Waals surface area (Å²) in [5.74, 6) is 0.855. The van der Waals surface area contributed by atoms with Crippen molar-refractivity contribution in [2.45, 2.75) is 110 Å². The number of thioether (sulfide) groups is 1. The van der Waals surface area contributed by atoms with E-state index in [2.05, 4.69) is 13.2 Å². The Morgan fingerprint density at radius 3 is 1.42 bits per heavy atom. The number of ether oxygens (including phenoxy) is 1. The first-order valence-electron chi connectivity index (χ1n) is 10.5. The monoisotopic (exact) mass is 374 g/mol.